The molecule has 2 aromatic rings. The topological polar surface area (TPSA) is 73.9 Å². The van der Waals surface area contributed by atoms with Gasteiger partial charge in [-0.1, -0.05) is 54.3 Å². The van der Waals surface area contributed by atoms with Crippen molar-refractivity contribution in [2.24, 2.45) is 0 Å². The lowest BCUT2D eigenvalue weighted by Gasteiger charge is -2.23. The minimum absolute atomic E-state index is 0.379. The zero-order valence-electron chi connectivity index (χ0n) is 17.3. The highest BCUT2D eigenvalue weighted by Crippen LogP contribution is 2.13. The van der Waals surface area contributed by atoms with Gasteiger partial charge in [0.2, 0.25) is 11.8 Å². The van der Waals surface area contributed by atoms with E-state index in [9.17, 15) is 9.59 Å². The van der Waals surface area contributed by atoms with E-state index in [0.717, 1.165) is 16.7 Å². The lowest BCUT2D eigenvalue weighted by atomic mass is 10.1. The number of hydrogen-bond donors (Lipinski definition) is 2. The van der Waals surface area contributed by atoms with Gasteiger partial charge in [0.1, 0.15) is 22.1 Å². The molecule has 0 heterocycles. The fourth-order valence-corrected chi connectivity index (χ4v) is 2.88. The van der Waals surface area contributed by atoms with E-state index in [4.69, 9.17) is 29.2 Å². The highest BCUT2D eigenvalue weighted by molar-refractivity contribution is 7.80. The van der Waals surface area contributed by atoms with Crippen molar-refractivity contribution in [3.05, 3.63) is 65.2 Å². The number of ether oxygens (including phenoxy) is 1. The zero-order valence-corrected chi connectivity index (χ0v) is 18.9. The maximum atomic E-state index is 12.2. The first kappa shape index (κ1) is 23.2. The number of hydrogen-bond acceptors (Lipinski definition) is 5. The molecule has 0 saturated heterocycles. The zero-order chi connectivity index (χ0) is 22.3. The molecule has 0 atom stereocenters. The Morgan fingerprint density at radius 2 is 1.23 bits per heavy atom. The van der Waals surface area contributed by atoms with Crippen LogP contribution in [0.2, 0.25) is 0 Å². The smallest absolute Gasteiger partial charge is 0.248 e. The summed E-state index contributed by atoms with van der Waals surface area (Å²) in [5.74, 6) is -0.286. The number of carbonyl (C=O) groups excluding carboxylic acids is 2. The van der Waals surface area contributed by atoms with E-state index in [2.05, 4.69) is 10.9 Å². The number of benzene rings is 2. The van der Waals surface area contributed by atoms with Crippen molar-refractivity contribution in [3.63, 3.8) is 0 Å². The summed E-state index contributed by atoms with van der Waals surface area (Å²) >= 11 is 10.7. The Labute approximate surface area is 186 Å². The number of methoxy groups -OCH3 is 1. The van der Waals surface area contributed by atoms with Gasteiger partial charge >= 0.3 is 0 Å². The summed E-state index contributed by atoms with van der Waals surface area (Å²) in [4.78, 5) is 25.3. The van der Waals surface area contributed by atoms with Crippen LogP contribution in [-0.2, 0) is 9.59 Å². The third kappa shape index (κ3) is 6.50. The second kappa shape index (κ2) is 10.7. The van der Waals surface area contributed by atoms with Crippen LogP contribution in [0.25, 0.3) is 0 Å². The van der Waals surface area contributed by atoms with Crippen LogP contribution in [0.4, 0.5) is 0 Å². The molecule has 2 aromatic carbocycles. The molecule has 0 aliphatic carbocycles. The molecule has 0 unspecified atom stereocenters. The number of aryl methyl sites for hydroxylation is 1. The fourth-order valence-electron chi connectivity index (χ4n) is 2.52. The molecule has 0 spiro atoms. The number of carbonyl (C=O) groups is 2. The van der Waals surface area contributed by atoms with Gasteiger partial charge in [0.15, 0.2) is 0 Å². The highest BCUT2D eigenvalue weighted by Gasteiger charge is 2.16. The Balaban J connectivity index is 1.85. The average molecular weight is 445 g/mol. The molecule has 0 aliphatic heterocycles. The molecule has 2 N–H and O–H groups in total. The van der Waals surface area contributed by atoms with Gasteiger partial charge in [-0.3, -0.25) is 30.5 Å². The summed E-state index contributed by atoms with van der Waals surface area (Å²) in [6, 6.07) is 14.8. The third-order valence-corrected chi connectivity index (χ3v) is 5.17. The molecule has 2 rings (SSSR count). The first-order valence-corrected chi connectivity index (χ1v) is 9.88. The van der Waals surface area contributed by atoms with Gasteiger partial charge in [0.25, 0.3) is 0 Å². The van der Waals surface area contributed by atoms with Crippen LogP contribution >= 0.6 is 24.4 Å². The summed E-state index contributed by atoms with van der Waals surface area (Å²) in [6.07, 6.45) is -0.379. The van der Waals surface area contributed by atoms with E-state index in [1.807, 2.05) is 31.2 Å². The highest BCUT2D eigenvalue weighted by atomic mass is 32.1. The van der Waals surface area contributed by atoms with E-state index in [1.165, 1.54) is 10.0 Å². The summed E-state index contributed by atoms with van der Waals surface area (Å²) in [5.41, 5.74) is 7.83. The van der Waals surface area contributed by atoms with Crippen LogP contribution in [0, 0.1) is 6.92 Å². The fraction of sp³-hybridized carbons (Fsp3) is 0.238. The van der Waals surface area contributed by atoms with Crippen molar-refractivity contribution in [2.45, 2.75) is 13.3 Å². The van der Waals surface area contributed by atoms with Crippen molar-refractivity contribution < 1.29 is 14.3 Å². The van der Waals surface area contributed by atoms with Gasteiger partial charge in [-0.25, -0.2) is 0 Å². The molecule has 0 saturated carbocycles. The Morgan fingerprint density at radius 3 is 1.63 bits per heavy atom. The van der Waals surface area contributed by atoms with E-state index in [1.54, 1.807) is 45.5 Å². The molecule has 0 aromatic heterocycles. The first-order chi connectivity index (χ1) is 14.2. The first-order valence-electron chi connectivity index (χ1n) is 9.07. The van der Waals surface area contributed by atoms with Crippen LogP contribution in [0.3, 0.4) is 0 Å². The predicted molar refractivity (Wildman–Crippen MR) is 124 cm³/mol. The van der Waals surface area contributed by atoms with Gasteiger partial charge in [0, 0.05) is 25.2 Å². The molecular weight excluding hydrogens is 420 g/mol. The SMILES string of the molecule is COc1ccc(C(=S)N(C)NC(=O)CC(=O)NN(C)C(=S)c2ccc(C)cc2)cc1. The monoisotopic (exact) mass is 444 g/mol. The van der Waals surface area contributed by atoms with Crippen LogP contribution in [-0.4, -0.2) is 53.0 Å². The predicted octanol–water partition coefficient (Wildman–Crippen LogP) is 2.37. The molecular formula is C21H24N4O3S2. The number of nitrogens with zero attached hydrogens (tertiary/aromatic N) is 2. The largest absolute Gasteiger partial charge is 0.497 e. The molecule has 0 aliphatic rings. The van der Waals surface area contributed by atoms with Crippen molar-refractivity contribution in [2.75, 3.05) is 21.2 Å². The van der Waals surface area contributed by atoms with Crippen LogP contribution in [0.5, 0.6) is 5.75 Å². The van der Waals surface area contributed by atoms with E-state index in [0.29, 0.717) is 15.7 Å². The number of hydrazine groups is 2. The number of nitrogens with one attached hydrogen (secondary N) is 2. The molecule has 30 heavy (non-hydrogen) atoms. The van der Waals surface area contributed by atoms with E-state index in [-0.39, 0.29) is 6.42 Å². The lowest BCUT2D eigenvalue weighted by Crippen LogP contribution is -2.47. The van der Waals surface area contributed by atoms with Crippen molar-refractivity contribution in [1.29, 1.82) is 0 Å². The van der Waals surface area contributed by atoms with Crippen molar-refractivity contribution in [3.8, 4) is 5.75 Å². The summed E-state index contributed by atoms with van der Waals surface area (Å²) in [5, 5.41) is 2.81. The normalized spacial score (nSPS) is 10.0. The summed E-state index contributed by atoms with van der Waals surface area (Å²) in [7, 11) is 4.82. The maximum Gasteiger partial charge on any atom is 0.248 e. The van der Waals surface area contributed by atoms with E-state index >= 15 is 0 Å². The Morgan fingerprint density at radius 1 is 0.833 bits per heavy atom. The molecule has 9 heteroatoms. The second-order valence-electron chi connectivity index (χ2n) is 6.57. The Bertz CT molecular complexity index is 930. The Kier molecular flexibility index (Phi) is 8.25. The van der Waals surface area contributed by atoms with Crippen LogP contribution in [0.15, 0.2) is 48.5 Å². The minimum Gasteiger partial charge on any atom is -0.497 e. The number of rotatable bonds is 5. The summed E-state index contributed by atoms with van der Waals surface area (Å²) in [6.45, 7) is 1.98. The van der Waals surface area contributed by atoms with Gasteiger partial charge in [-0.05, 0) is 31.2 Å². The molecule has 0 radical (unpaired) electrons. The van der Waals surface area contributed by atoms with E-state index < -0.39 is 11.8 Å². The van der Waals surface area contributed by atoms with Crippen molar-refractivity contribution >= 4 is 46.2 Å². The maximum absolute atomic E-state index is 12.2. The number of amides is 2. The summed E-state index contributed by atoms with van der Waals surface area (Å²) < 4.78 is 5.12. The second-order valence-corrected chi connectivity index (χ2v) is 7.34. The molecule has 158 valence electrons. The molecule has 2 amide bonds. The molecule has 0 bridgehead atoms. The molecule has 7 nitrogen and oxygen atoms in total. The quantitative estimate of drug-likeness (QED) is 0.417. The number of thiocarbonyl (C=S) groups is 2. The van der Waals surface area contributed by atoms with Gasteiger partial charge in [-0.15, -0.1) is 0 Å². The average Bonchev–Trinajstić information content (AvgIpc) is 2.72. The van der Waals surface area contributed by atoms with Crippen LogP contribution < -0.4 is 15.6 Å². The lowest BCUT2D eigenvalue weighted by molar-refractivity contribution is -0.132. The minimum atomic E-state index is -0.500. The molecule has 0 fully saturated rings. The van der Waals surface area contributed by atoms with Crippen molar-refractivity contribution in [1.82, 2.24) is 20.9 Å². The van der Waals surface area contributed by atoms with Crippen LogP contribution in [0.1, 0.15) is 23.1 Å². The third-order valence-electron chi connectivity index (χ3n) is 4.15. The standard InChI is InChI=1S/C21H24N4O3S2/c1-14-5-7-15(8-6-14)20(29)24(2)22-18(26)13-19(27)23-25(3)21(30)16-9-11-17(28-4)12-10-16/h5-12H,13H2,1-4H3,(H,22,26)(H,23,27). The van der Waals surface area contributed by atoms with Gasteiger partial charge in [-0.2, -0.15) is 0 Å². The van der Waals surface area contributed by atoms with Gasteiger partial charge in [0.05, 0.1) is 7.11 Å². The van der Waals surface area contributed by atoms with Gasteiger partial charge < -0.3 is 4.74 Å². The Hall–Kier alpha value is -3.04.